The molecule has 108 valence electrons. The van der Waals surface area contributed by atoms with Crippen molar-refractivity contribution in [3.8, 4) is 0 Å². The number of rotatable bonds is 5. The molecule has 1 aliphatic heterocycles. The lowest BCUT2D eigenvalue weighted by atomic mass is 10.1. The third-order valence-corrected chi connectivity index (χ3v) is 5.31. The summed E-state index contributed by atoms with van der Waals surface area (Å²) in [6.45, 7) is 7.23. The van der Waals surface area contributed by atoms with Crippen molar-refractivity contribution in [1.29, 1.82) is 0 Å². The average Bonchev–Trinajstić information content (AvgIpc) is 2.26. The van der Waals surface area contributed by atoms with Crippen molar-refractivity contribution < 1.29 is 18.3 Å². The first-order chi connectivity index (χ1) is 8.21. The quantitative estimate of drug-likeness (QED) is 0.758. The highest BCUT2D eigenvalue weighted by atomic mass is 32.2. The van der Waals surface area contributed by atoms with E-state index in [-0.39, 0.29) is 16.5 Å². The van der Waals surface area contributed by atoms with E-state index in [1.54, 1.807) is 0 Å². The van der Waals surface area contributed by atoms with Gasteiger partial charge in [-0.25, -0.2) is 8.42 Å². The van der Waals surface area contributed by atoms with Gasteiger partial charge < -0.3 is 15.2 Å². The highest BCUT2D eigenvalue weighted by Gasteiger charge is 2.29. The SMILES string of the molecule is CC(C)(C)NCC(O)CS(=O)(=O)C1CCOCC1. The normalized spacial score (nSPS) is 20.9. The zero-order valence-electron chi connectivity index (χ0n) is 11.5. The van der Waals surface area contributed by atoms with Gasteiger partial charge in [-0.15, -0.1) is 0 Å². The van der Waals surface area contributed by atoms with E-state index in [9.17, 15) is 13.5 Å². The van der Waals surface area contributed by atoms with E-state index in [0.29, 0.717) is 32.6 Å². The van der Waals surface area contributed by atoms with E-state index >= 15 is 0 Å². The van der Waals surface area contributed by atoms with Crippen LogP contribution < -0.4 is 5.32 Å². The summed E-state index contributed by atoms with van der Waals surface area (Å²) >= 11 is 0. The molecule has 1 aliphatic rings. The van der Waals surface area contributed by atoms with Crippen LogP contribution in [0.25, 0.3) is 0 Å². The highest BCUT2D eigenvalue weighted by molar-refractivity contribution is 7.92. The topological polar surface area (TPSA) is 75.6 Å². The summed E-state index contributed by atoms with van der Waals surface area (Å²) in [5.41, 5.74) is -0.122. The van der Waals surface area contributed by atoms with Crippen LogP contribution in [0.1, 0.15) is 33.6 Å². The molecule has 0 amide bonds. The van der Waals surface area contributed by atoms with Gasteiger partial charge in [0.1, 0.15) is 0 Å². The lowest BCUT2D eigenvalue weighted by Gasteiger charge is -2.25. The molecule has 0 bridgehead atoms. The standard InChI is InChI=1S/C12H25NO4S/c1-12(2,3)13-8-10(14)9-18(15,16)11-4-6-17-7-5-11/h10-11,13-14H,4-9H2,1-3H3. The molecule has 0 aliphatic carbocycles. The summed E-state index contributed by atoms with van der Waals surface area (Å²) in [5.74, 6) is -0.166. The van der Waals surface area contributed by atoms with Gasteiger partial charge in [0.2, 0.25) is 0 Å². The van der Waals surface area contributed by atoms with Crippen LogP contribution in [0.5, 0.6) is 0 Å². The Morgan fingerprint density at radius 2 is 1.89 bits per heavy atom. The summed E-state index contributed by atoms with van der Waals surface area (Å²) in [5, 5.41) is 12.6. The molecule has 2 N–H and O–H groups in total. The molecule has 1 atom stereocenters. The van der Waals surface area contributed by atoms with Gasteiger partial charge in [0.15, 0.2) is 9.84 Å². The fourth-order valence-electron chi connectivity index (χ4n) is 1.92. The second-order valence-electron chi connectivity index (χ2n) is 5.93. The van der Waals surface area contributed by atoms with Gasteiger partial charge in [-0.3, -0.25) is 0 Å². The zero-order chi connectivity index (χ0) is 13.8. The fraction of sp³-hybridized carbons (Fsp3) is 1.00. The average molecular weight is 279 g/mol. The number of β-amino-alcohol motifs (C(OH)–C–C–N with tert-alkyl or cyclic N) is 1. The van der Waals surface area contributed by atoms with E-state index in [4.69, 9.17) is 4.74 Å². The van der Waals surface area contributed by atoms with Crippen molar-refractivity contribution >= 4 is 9.84 Å². The maximum absolute atomic E-state index is 12.1. The first-order valence-electron chi connectivity index (χ1n) is 6.43. The lowest BCUT2D eigenvalue weighted by molar-refractivity contribution is 0.0979. The third kappa shape index (κ3) is 5.65. The molecule has 0 saturated carbocycles. The largest absolute Gasteiger partial charge is 0.391 e. The molecule has 18 heavy (non-hydrogen) atoms. The van der Waals surface area contributed by atoms with Crippen molar-refractivity contribution in [3.05, 3.63) is 0 Å². The molecule has 0 aromatic rings. The molecule has 1 heterocycles. The van der Waals surface area contributed by atoms with Crippen molar-refractivity contribution in [3.63, 3.8) is 0 Å². The predicted molar refractivity (Wildman–Crippen MR) is 71.4 cm³/mol. The number of hydrogen-bond acceptors (Lipinski definition) is 5. The Kier molecular flexibility index (Phi) is 5.58. The predicted octanol–water partition coefficient (Wildman–Crippen LogP) is 0.329. The Labute approximate surface area is 110 Å². The summed E-state index contributed by atoms with van der Waals surface area (Å²) in [6.07, 6.45) is 0.237. The minimum absolute atomic E-state index is 0.122. The van der Waals surface area contributed by atoms with E-state index in [0.717, 1.165) is 0 Å². The van der Waals surface area contributed by atoms with E-state index in [1.165, 1.54) is 0 Å². The fourth-order valence-corrected chi connectivity index (χ4v) is 3.76. The molecule has 0 spiro atoms. The number of hydrogen-bond donors (Lipinski definition) is 2. The molecular formula is C12H25NO4S. The maximum Gasteiger partial charge on any atom is 0.155 e. The summed E-state index contributed by atoms with van der Waals surface area (Å²) in [7, 11) is -3.22. The Balaban J connectivity index is 2.44. The van der Waals surface area contributed by atoms with Crippen molar-refractivity contribution in [2.45, 2.75) is 50.5 Å². The van der Waals surface area contributed by atoms with Crippen LogP contribution in [0.2, 0.25) is 0 Å². The summed E-state index contributed by atoms with van der Waals surface area (Å²) in [6, 6.07) is 0. The smallest absolute Gasteiger partial charge is 0.155 e. The Hall–Kier alpha value is -0.170. The molecule has 0 aromatic heterocycles. The second kappa shape index (κ2) is 6.32. The second-order valence-corrected chi connectivity index (χ2v) is 8.25. The van der Waals surface area contributed by atoms with E-state index in [2.05, 4.69) is 5.32 Å². The number of nitrogens with one attached hydrogen (secondary N) is 1. The molecule has 1 fully saturated rings. The van der Waals surface area contributed by atoms with Gasteiger partial charge in [-0.1, -0.05) is 0 Å². The maximum atomic E-state index is 12.1. The summed E-state index contributed by atoms with van der Waals surface area (Å²) in [4.78, 5) is 0. The first-order valence-corrected chi connectivity index (χ1v) is 8.15. The minimum Gasteiger partial charge on any atom is -0.391 e. The Bertz CT molecular complexity index is 342. The van der Waals surface area contributed by atoms with Gasteiger partial charge >= 0.3 is 0 Å². The number of aliphatic hydroxyl groups is 1. The van der Waals surface area contributed by atoms with Crippen LogP contribution in [-0.4, -0.2) is 55.9 Å². The van der Waals surface area contributed by atoms with Gasteiger partial charge in [-0.05, 0) is 33.6 Å². The molecule has 1 saturated heterocycles. The third-order valence-electron chi connectivity index (χ3n) is 2.97. The molecule has 0 aromatic carbocycles. The minimum atomic E-state index is -3.22. The molecular weight excluding hydrogens is 254 g/mol. The number of ether oxygens (including phenoxy) is 1. The lowest BCUT2D eigenvalue weighted by Crippen LogP contribution is -2.44. The Morgan fingerprint density at radius 1 is 1.33 bits per heavy atom. The zero-order valence-corrected chi connectivity index (χ0v) is 12.3. The van der Waals surface area contributed by atoms with Gasteiger partial charge in [-0.2, -0.15) is 0 Å². The van der Waals surface area contributed by atoms with Crippen LogP contribution >= 0.6 is 0 Å². The van der Waals surface area contributed by atoms with Crippen LogP contribution in [0.3, 0.4) is 0 Å². The van der Waals surface area contributed by atoms with Gasteiger partial charge in [0.25, 0.3) is 0 Å². The molecule has 5 nitrogen and oxygen atoms in total. The molecule has 1 unspecified atom stereocenters. The van der Waals surface area contributed by atoms with Crippen LogP contribution in [-0.2, 0) is 14.6 Å². The summed E-state index contributed by atoms with van der Waals surface area (Å²) < 4.78 is 29.3. The van der Waals surface area contributed by atoms with E-state index in [1.807, 2.05) is 20.8 Å². The first kappa shape index (κ1) is 15.9. The van der Waals surface area contributed by atoms with E-state index < -0.39 is 15.9 Å². The monoisotopic (exact) mass is 279 g/mol. The molecule has 0 radical (unpaired) electrons. The van der Waals surface area contributed by atoms with Crippen LogP contribution in [0, 0.1) is 0 Å². The van der Waals surface area contributed by atoms with Crippen LogP contribution in [0.4, 0.5) is 0 Å². The van der Waals surface area contributed by atoms with Crippen LogP contribution in [0.15, 0.2) is 0 Å². The van der Waals surface area contributed by atoms with Crippen molar-refractivity contribution in [2.75, 3.05) is 25.5 Å². The van der Waals surface area contributed by atoms with Gasteiger partial charge in [0, 0.05) is 25.3 Å². The molecule has 1 rings (SSSR count). The van der Waals surface area contributed by atoms with Crippen molar-refractivity contribution in [2.24, 2.45) is 0 Å². The highest BCUT2D eigenvalue weighted by Crippen LogP contribution is 2.17. The van der Waals surface area contributed by atoms with Gasteiger partial charge in [0.05, 0.1) is 17.1 Å². The number of aliphatic hydroxyl groups excluding tert-OH is 1. The molecule has 6 heteroatoms. The van der Waals surface area contributed by atoms with Crippen molar-refractivity contribution in [1.82, 2.24) is 5.32 Å². The number of sulfone groups is 1. The Morgan fingerprint density at radius 3 is 2.39 bits per heavy atom.